The van der Waals surface area contributed by atoms with Gasteiger partial charge in [0.05, 0.1) is 6.61 Å². The number of aliphatic hydroxyl groups excluding tert-OH is 1. The molecule has 1 N–H and O–H groups in total. The highest BCUT2D eigenvalue weighted by Crippen LogP contribution is 2.11. The summed E-state index contributed by atoms with van der Waals surface area (Å²) in [5.41, 5.74) is 0. The van der Waals surface area contributed by atoms with E-state index >= 15 is 0 Å². The van der Waals surface area contributed by atoms with Crippen LogP contribution in [0.15, 0.2) is 12.2 Å². The van der Waals surface area contributed by atoms with Crippen molar-refractivity contribution in [3.8, 4) is 0 Å². The third-order valence-electron chi connectivity index (χ3n) is 4.04. The molecular weight excluding hydrogens is 288 g/mol. The van der Waals surface area contributed by atoms with Gasteiger partial charge >= 0.3 is 0 Å². The number of rotatable bonds is 18. The van der Waals surface area contributed by atoms with Crippen molar-refractivity contribution in [1.82, 2.24) is 0 Å². The molecule has 0 aliphatic rings. The van der Waals surface area contributed by atoms with Crippen molar-refractivity contribution in [3.63, 3.8) is 0 Å². The molecule has 0 heterocycles. The van der Waals surface area contributed by atoms with Crippen LogP contribution in [-0.2, 0) is 0 Å². The zero-order chi connectivity index (χ0) is 16.1. The first-order valence-corrected chi connectivity index (χ1v) is 10.9. The number of unbranched alkanes of at least 4 members (excludes halogenated alkanes) is 12. The van der Waals surface area contributed by atoms with Gasteiger partial charge in [-0.1, -0.05) is 76.9 Å². The molecule has 0 radical (unpaired) electrons. The average Bonchev–Trinajstić information content (AvgIpc) is 2.54. The highest BCUT2D eigenvalue weighted by atomic mass is 32.2. The molecule has 0 spiro atoms. The van der Waals surface area contributed by atoms with Crippen molar-refractivity contribution >= 4 is 11.8 Å². The van der Waals surface area contributed by atoms with Gasteiger partial charge < -0.3 is 5.11 Å². The van der Waals surface area contributed by atoms with Crippen LogP contribution in [-0.4, -0.2) is 23.2 Å². The third-order valence-corrected chi connectivity index (χ3v) is 5.08. The van der Waals surface area contributed by atoms with E-state index in [0.29, 0.717) is 6.61 Å². The number of hydrogen-bond acceptors (Lipinski definition) is 2. The minimum atomic E-state index is 0.330. The van der Waals surface area contributed by atoms with E-state index in [1.165, 1.54) is 95.6 Å². The van der Waals surface area contributed by atoms with Crippen molar-refractivity contribution in [3.05, 3.63) is 12.2 Å². The van der Waals surface area contributed by atoms with E-state index in [1.807, 2.05) is 11.8 Å². The molecule has 0 aliphatic heterocycles. The molecule has 2 heteroatoms. The van der Waals surface area contributed by atoms with Crippen molar-refractivity contribution in [2.24, 2.45) is 0 Å². The van der Waals surface area contributed by atoms with E-state index in [0.717, 1.165) is 5.75 Å². The van der Waals surface area contributed by atoms with Gasteiger partial charge in [0.1, 0.15) is 0 Å². The Morgan fingerprint density at radius 2 is 1.14 bits per heavy atom. The Bertz CT molecular complexity index is 216. The van der Waals surface area contributed by atoms with Crippen LogP contribution in [0.4, 0.5) is 0 Å². The summed E-state index contributed by atoms with van der Waals surface area (Å²) in [5.74, 6) is 2.13. The molecule has 0 bridgehead atoms. The Morgan fingerprint density at radius 1 is 0.636 bits per heavy atom. The summed E-state index contributed by atoms with van der Waals surface area (Å²) in [5, 5.41) is 8.67. The van der Waals surface area contributed by atoms with Gasteiger partial charge in [0.25, 0.3) is 0 Å². The Hall–Kier alpha value is 0.0500. The molecule has 0 rings (SSSR count). The molecule has 132 valence electrons. The van der Waals surface area contributed by atoms with Gasteiger partial charge in [0.2, 0.25) is 0 Å². The maximum atomic E-state index is 8.67. The molecule has 22 heavy (non-hydrogen) atoms. The predicted molar refractivity (Wildman–Crippen MR) is 104 cm³/mol. The molecule has 0 aromatic rings. The van der Waals surface area contributed by atoms with Crippen LogP contribution in [0.25, 0.3) is 0 Å². The molecule has 0 amide bonds. The van der Waals surface area contributed by atoms with E-state index in [2.05, 4.69) is 19.1 Å². The Labute approximate surface area is 144 Å². The molecule has 0 saturated heterocycles. The van der Waals surface area contributed by atoms with Gasteiger partial charge in [0.15, 0.2) is 0 Å². The summed E-state index contributed by atoms with van der Waals surface area (Å²) in [4.78, 5) is 0. The van der Waals surface area contributed by atoms with E-state index in [9.17, 15) is 0 Å². The number of hydrogen-bond donors (Lipinski definition) is 1. The van der Waals surface area contributed by atoms with E-state index < -0.39 is 0 Å². The quantitative estimate of drug-likeness (QED) is 0.222. The lowest BCUT2D eigenvalue weighted by atomic mass is 10.1. The second-order valence-corrected chi connectivity index (χ2v) is 7.50. The fraction of sp³-hybridized carbons (Fsp3) is 0.900. The van der Waals surface area contributed by atoms with Gasteiger partial charge in [-0.15, -0.1) is 0 Å². The van der Waals surface area contributed by atoms with Crippen LogP contribution in [0.2, 0.25) is 0 Å². The fourth-order valence-corrected chi connectivity index (χ4v) is 3.36. The lowest BCUT2D eigenvalue weighted by Gasteiger charge is -2.01. The van der Waals surface area contributed by atoms with E-state index in [1.54, 1.807) is 0 Å². The predicted octanol–water partition coefficient (Wildman–Crippen LogP) is 6.75. The fourth-order valence-electron chi connectivity index (χ4n) is 2.62. The molecule has 0 atom stereocenters. The third kappa shape index (κ3) is 20.1. The van der Waals surface area contributed by atoms with Crippen molar-refractivity contribution in [2.75, 3.05) is 18.1 Å². The van der Waals surface area contributed by atoms with Crippen LogP contribution in [0.3, 0.4) is 0 Å². The molecule has 1 nitrogen and oxygen atoms in total. The zero-order valence-electron chi connectivity index (χ0n) is 15.0. The largest absolute Gasteiger partial charge is 0.396 e. The Kier molecular flexibility index (Phi) is 21.1. The molecule has 0 aromatic carbocycles. The molecule has 0 aliphatic carbocycles. The topological polar surface area (TPSA) is 20.2 Å². The second kappa shape index (κ2) is 21.0. The van der Waals surface area contributed by atoms with Gasteiger partial charge in [-0.2, -0.15) is 11.8 Å². The molecular formula is C20H40OS. The minimum Gasteiger partial charge on any atom is -0.396 e. The van der Waals surface area contributed by atoms with E-state index in [-0.39, 0.29) is 0 Å². The van der Waals surface area contributed by atoms with Crippen molar-refractivity contribution in [2.45, 2.75) is 96.8 Å². The summed E-state index contributed by atoms with van der Waals surface area (Å²) in [7, 11) is 0. The molecule has 0 saturated carbocycles. The first-order chi connectivity index (χ1) is 10.9. The summed E-state index contributed by atoms with van der Waals surface area (Å²) < 4.78 is 0. The Balaban J connectivity index is 3.02. The second-order valence-electron chi connectivity index (χ2n) is 6.27. The summed E-state index contributed by atoms with van der Waals surface area (Å²) in [6.07, 6.45) is 24.0. The minimum absolute atomic E-state index is 0.330. The maximum absolute atomic E-state index is 8.67. The van der Waals surface area contributed by atoms with Crippen LogP contribution in [0, 0.1) is 0 Å². The monoisotopic (exact) mass is 328 g/mol. The highest BCUT2D eigenvalue weighted by Gasteiger charge is 1.92. The van der Waals surface area contributed by atoms with Crippen LogP contribution in [0.1, 0.15) is 96.8 Å². The molecule has 0 unspecified atom stereocenters. The SMILES string of the molecule is CCCCCCCCC=CCCCCCCCCSCCO. The lowest BCUT2D eigenvalue weighted by molar-refractivity contribution is 0.322. The maximum Gasteiger partial charge on any atom is 0.0521 e. The van der Waals surface area contributed by atoms with Crippen LogP contribution in [0.5, 0.6) is 0 Å². The first-order valence-electron chi connectivity index (χ1n) is 9.75. The van der Waals surface area contributed by atoms with Crippen LogP contribution >= 0.6 is 11.8 Å². The first kappa shape index (κ1) is 22.1. The smallest absolute Gasteiger partial charge is 0.0521 e. The zero-order valence-corrected chi connectivity index (χ0v) is 15.8. The molecule has 0 aromatic heterocycles. The van der Waals surface area contributed by atoms with Gasteiger partial charge in [0, 0.05) is 5.75 Å². The number of allylic oxidation sites excluding steroid dienone is 2. The number of thioether (sulfide) groups is 1. The summed E-state index contributed by atoms with van der Waals surface area (Å²) in [6.45, 7) is 2.61. The van der Waals surface area contributed by atoms with E-state index in [4.69, 9.17) is 5.11 Å². The average molecular weight is 329 g/mol. The normalized spacial score (nSPS) is 11.5. The highest BCUT2D eigenvalue weighted by molar-refractivity contribution is 7.99. The van der Waals surface area contributed by atoms with Crippen molar-refractivity contribution in [1.29, 1.82) is 0 Å². The van der Waals surface area contributed by atoms with Gasteiger partial charge in [-0.05, 0) is 37.9 Å². The summed E-state index contributed by atoms with van der Waals surface area (Å²) >= 11 is 1.88. The van der Waals surface area contributed by atoms with Crippen molar-refractivity contribution < 1.29 is 5.11 Å². The van der Waals surface area contributed by atoms with Gasteiger partial charge in [-0.3, -0.25) is 0 Å². The lowest BCUT2D eigenvalue weighted by Crippen LogP contribution is -1.88. The van der Waals surface area contributed by atoms with Gasteiger partial charge in [-0.25, -0.2) is 0 Å². The molecule has 0 fully saturated rings. The Morgan fingerprint density at radius 3 is 1.68 bits per heavy atom. The number of aliphatic hydroxyl groups is 1. The standard InChI is InChI=1S/C20H40OS/c1-2-3-4-5-6-7-8-9-10-11-12-13-14-15-16-17-19-22-20-18-21/h9-10,21H,2-8,11-20H2,1H3. The van der Waals surface area contributed by atoms with Crippen LogP contribution < -0.4 is 0 Å². The summed E-state index contributed by atoms with van der Waals surface area (Å²) in [6, 6.07) is 0.